The lowest BCUT2D eigenvalue weighted by Gasteiger charge is -2.08. The second-order valence-electron chi connectivity index (χ2n) is 4.99. The maximum absolute atomic E-state index is 13.1. The second kappa shape index (κ2) is 5.02. The third-order valence-electron chi connectivity index (χ3n) is 3.50. The van der Waals surface area contributed by atoms with Crippen LogP contribution in [0, 0.1) is 6.92 Å². The zero-order valence-corrected chi connectivity index (χ0v) is 14.3. The average molecular weight is 364 g/mol. The van der Waals surface area contributed by atoms with Gasteiger partial charge in [-0.05, 0) is 37.3 Å². The van der Waals surface area contributed by atoms with Gasteiger partial charge in [0, 0.05) is 6.20 Å². The molecule has 4 aromatic rings. The predicted molar refractivity (Wildman–Crippen MR) is 91.7 cm³/mol. The van der Waals surface area contributed by atoms with E-state index in [-0.39, 0.29) is 4.90 Å². The first-order chi connectivity index (χ1) is 11.0. The van der Waals surface area contributed by atoms with Gasteiger partial charge in [0.05, 0.1) is 26.3 Å². The van der Waals surface area contributed by atoms with Gasteiger partial charge in [-0.3, -0.25) is 0 Å². The summed E-state index contributed by atoms with van der Waals surface area (Å²) in [5, 5.41) is 1.15. The van der Waals surface area contributed by atoms with Crippen LogP contribution in [0.1, 0.15) is 5.01 Å². The topological polar surface area (TPSA) is 64.8 Å². The number of aromatic nitrogens is 3. The van der Waals surface area contributed by atoms with E-state index >= 15 is 0 Å². The summed E-state index contributed by atoms with van der Waals surface area (Å²) < 4.78 is 28.1. The lowest BCUT2D eigenvalue weighted by molar-refractivity contribution is 0.590. The molecule has 0 saturated carbocycles. The highest BCUT2D eigenvalue weighted by Gasteiger charge is 2.23. The van der Waals surface area contributed by atoms with Crippen molar-refractivity contribution in [3.05, 3.63) is 52.8 Å². The van der Waals surface area contributed by atoms with E-state index in [1.165, 1.54) is 21.5 Å². The number of nitrogens with zero attached hydrogens (tertiary/aromatic N) is 3. The Morgan fingerprint density at radius 3 is 2.74 bits per heavy atom. The van der Waals surface area contributed by atoms with Crippen molar-refractivity contribution in [1.29, 1.82) is 0 Å². The summed E-state index contributed by atoms with van der Waals surface area (Å²) in [7, 11) is -3.74. The summed E-state index contributed by atoms with van der Waals surface area (Å²) in [6.45, 7) is 1.86. The molecule has 23 heavy (non-hydrogen) atoms. The Bertz CT molecular complexity index is 1160. The largest absolute Gasteiger partial charge is 0.269 e. The van der Waals surface area contributed by atoms with E-state index in [0.29, 0.717) is 26.4 Å². The number of thiazole rings is 1. The number of halogens is 1. The first-order valence-corrected chi connectivity index (χ1v) is 9.35. The molecule has 0 amide bonds. The number of aryl methyl sites for hydroxylation is 1. The van der Waals surface area contributed by atoms with Crippen LogP contribution >= 0.6 is 22.9 Å². The van der Waals surface area contributed by atoms with Crippen molar-refractivity contribution in [2.24, 2.45) is 0 Å². The van der Waals surface area contributed by atoms with E-state index in [0.717, 1.165) is 5.01 Å². The SMILES string of the molecule is Cc1nc2cccc(S(=O)(=O)n3ccc4nc(Cl)ccc43)c2s1. The molecule has 0 spiro atoms. The van der Waals surface area contributed by atoms with Crippen LogP contribution in [0.3, 0.4) is 0 Å². The number of pyridine rings is 1. The molecule has 116 valence electrons. The monoisotopic (exact) mass is 363 g/mol. The molecule has 0 radical (unpaired) electrons. The zero-order valence-electron chi connectivity index (χ0n) is 11.9. The first kappa shape index (κ1) is 14.6. The quantitative estimate of drug-likeness (QED) is 0.507. The Hall–Kier alpha value is -1.96. The van der Waals surface area contributed by atoms with Gasteiger partial charge in [-0.2, -0.15) is 0 Å². The predicted octanol–water partition coefficient (Wildman–Crippen LogP) is 3.84. The van der Waals surface area contributed by atoms with Crippen LogP contribution in [-0.4, -0.2) is 22.4 Å². The summed E-state index contributed by atoms with van der Waals surface area (Å²) in [4.78, 5) is 8.74. The maximum Gasteiger partial charge on any atom is 0.269 e. The fourth-order valence-electron chi connectivity index (χ4n) is 2.52. The van der Waals surface area contributed by atoms with Gasteiger partial charge in [0.1, 0.15) is 10.0 Å². The smallest absolute Gasteiger partial charge is 0.241 e. The van der Waals surface area contributed by atoms with E-state index in [2.05, 4.69) is 9.97 Å². The molecule has 0 bridgehead atoms. The third kappa shape index (κ3) is 2.23. The second-order valence-corrected chi connectivity index (χ2v) is 8.37. The third-order valence-corrected chi connectivity index (χ3v) is 6.59. The maximum atomic E-state index is 13.1. The molecular formula is C15H10ClN3O2S2. The Kier molecular flexibility index (Phi) is 3.19. The molecule has 5 nitrogen and oxygen atoms in total. The van der Waals surface area contributed by atoms with Gasteiger partial charge in [0.2, 0.25) is 0 Å². The number of fused-ring (bicyclic) bond motifs is 2. The molecule has 1 aromatic carbocycles. The van der Waals surface area contributed by atoms with Gasteiger partial charge in [-0.25, -0.2) is 22.4 Å². The lowest BCUT2D eigenvalue weighted by Crippen LogP contribution is -2.11. The van der Waals surface area contributed by atoms with E-state index in [1.54, 1.807) is 30.3 Å². The van der Waals surface area contributed by atoms with Gasteiger partial charge in [-0.15, -0.1) is 11.3 Å². The minimum absolute atomic E-state index is 0.244. The van der Waals surface area contributed by atoms with Crippen LogP contribution in [0.5, 0.6) is 0 Å². The van der Waals surface area contributed by atoms with Crippen molar-refractivity contribution in [3.63, 3.8) is 0 Å². The molecule has 0 unspecified atom stereocenters. The Morgan fingerprint density at radius 1 is 1.09 bits per heavy atom. The molecule has 0 aliphatic rings. The van der Waals surface area contributed by atoms with Crippen molar-refractivity contribution in [1.82, 2.24) is 13.9 Å². The first-order valence-electron chi connectivity index (χ1n) is 6.72. The standard InChI is InChI=1S/C15H10ClN3O2S2/c1-9-17-11-3-2-4-13(15(11)22-9)23(20,21)19-8-7-10-12(19)5-6-14(16)18-10/h2-8H,1H3. The Labute approximate surface area is 141 Å². The fraction of sp³-hybridized carbons (Fsp3) is 0.0667. The van der Waals surface area contributed by atoms with Gasteiger partial charge in [0.25, 0.3) is 10.0 Å². The van der Waals surface area contributed by atoms with Crippen LogP contribution in [0.15, 0.2) is 47.5 Å². The number of hydrogen-bond donors (Lipinski definition) is 0. The number of rotatable bonds is 2. The summed E-state index contributed by atoms with van der Waals surface area (Å²) >= 11 is 7.23. The van der Waals surface area contributed by atoms with Crippen molar-refractivity contribution < 1.29 is 8.42 Å². The molecule has 3 heterocycles. The summed E-state index contributed by atoms with van der Waals surface area (Å²) in [5.74, 6) is 0. The lowest BCUT2D eigenvalue weighted by atomic mass is 10.3. The highest BCUT2D eigenvalue weighted by molar-refractivity contribution is 7.90. The minimum atomic E-state index is -3.74. The molecular weight excluding hydrogens is 354 g/mol. The minimum Gasteiger partial charge on any atom is -0.241 e. The molecule has 0 atom stereocenters. The van der Waals surface area contributed by atoms with Gasteiger partial charge in [-0.1, -0.05) is 17.7 Å². The molecule has 3 aromatic heterocycles. The average Bonchev–Trinajstić information content (AvgIpc) is 3.08. The van der Waals surface area contributed by atoms with Crippen molar-refractivity contribution in [2.75, 3.05) is 0 Å². The molecule has 8 heteroatoms. The highest BCUT2D eigenvalue weighted by atomic mass is 35.5. The van der Waals surface area contributed by atoms with E-state index in [1.807, 2.05) is 13.0 Å². The van der Waals surface area contributed by atoms with Crippen LogP contribution in [0.2, 0.25) is 5.15 Å². The van der Waals surface area contributed by atoms with Gasteiger partial charge < -0.3 is 0 Å². The van der Waals surface area contributed by atoms with Crippen LogP contribution in [0.4, 0.5) is 0 Å². The van der Waals surface area contributed by atoms with Crippen LogP contribution in [0.25, 0.3) is 21.3 Å². The molecule has 0 fully saturated rings. The number of hydrogen-bond acceptors (Lipinski definition) is 5. The Balaban J connectivity index is 2.02. The fourth-order valence-corrected chi connectivity index (χ4v) is 5.38. The molecule has 0 saturated heterocycles. The Morgan fingerprint density at radius 2 is 1.91 bits per heavy atom. The zero-order chi connectivity index (χ0) is 16.2. The summed E-state index contributed by atoms with van der Waals surface area (Å²) in [6, 6.07) is 9.98. The highest BCUT2D eigenvalue weighted by Crippen LogP contribution is 2.31. The van der Waals surface area contributed by atoms with Crippen molar-refractivity contribution >= 4 is 54.2 Å². The normalized spacial score (nSPS) is 12.3. The molecule has 0 aliphatic carbocycles. The van der Waals surface area contributed by atoms with Crippen molar-refractivity contribution in [3.8, 4) is 0 Å². The summed E-state index contributed by atoms with van der Waals surface area (Å²) in [5.41, 5.74) is 1.72. The molecule has 0 N–H and O–H groups in total. The van der Waals surface area contributed by atoms with Crippen LogP contribution in [-0.2, 0) is 10.0 Å². The molecule has 4 rings (SSSR count). The van der Waals surface area contributed by atoms with Crippen molar-refractivity contribution in [2.45, 2.75) is 11.8 Å². The van der Waals surface area contributed by atoms with Gasteiger partial charge >= 0.3 is 0 Å². The summed E-state index contributed by atoms with van der Waals surface area (Å²) in [6.07, 6.45) is 1.50. The van der Waals surface area contributed by atoms with Crippen LogP contribution < -0.4 is 0 Å². The van der Waals surface area contributed by atoms with E-state index in [4.69, 9.17) is 11.6 Å². The van der Waals surface area contributed by atoms with Gasteiger partial charge in [0.15, 0.2) is 0 Å². The van der Waals surface area contributed by atoms with E-state index < -0.39 is 10.0 Å². The molecule has 0 aliphatic heterocycles. The number of benzene rings is 1. The van der Waals surface area contributed by atoms with E-state index in [9.17, 15) is 8.42 Å².